The summed E-state index contributed by atoms with van der Waals surface area (Å²) in [6.07, 6.45) is 0. The van der Waals surface area contributed by atoms with E-state index in [0.29, 0.717) is 5.75 Å². The lowest BCUT2D eigenvalue weighted by Crippen LogP contribution is -2.30. The highest BCUT2D eigenvalue weighted by atomic mass is 32.2. The maximum absolute atomic E-state index is 11.6. The molecule has 1 atom stereocenters. The molecule has 7 heteroatoms. The van der Waals surface area contributed by atoms with E-state index in [4.69, 9.17) is 5.11 Å². The van der Waals surface area contributed by atoms with Crippen molar-refractivity contribution in [2.24, 2.45) is 0 Å². The predicted molar refractivity (Wildman–Crippen MR) is 67.1 cm³/mol. The second-order valence-corrected chi connectivity index (χ2v) is 4.89. The van der Waals surface area contributed by atoms with Crippen LogP contribution in [0.4, 0.5) is 5.69 Å². The monoisotopic (exact) mass is 268 g/mol. The van der Waals surface area contributed by atoms with Crippen LogP contribution >= 0.6 is 11.8 Å². The standard InChI is InChI=1S/C11H12N2O4S/c14-6-5-12-10(15)7-18-11(12)8-1-3-9(4-2-8)13(16)17/h1-4,11,14H,5-7H2. The average molecular weight is 268 g/mol. The number of non-ortho nitro benzene ring substituents is 1. The van der Waals surface area contributed by atoms with E-state index in [1.54, 1.807) is 17.0 Å². The number of nitro groups is 1. The van der Waals surface area contributed by atoms with Gasteiger partial charge < -0.3 is 10.0 Å². The Morgan fingerprint density at radius 1 is 1.44 bits per heavy atom. The van der Waals surface area contributed by atoms with Crippen molar-refractivity contribution in [2.75, 3.05) is 18.9 Å². The second-order valence-electron chi connectivity index (χ2n) is 3.82. The molecule has 1 aromatic rings. The van der Waals surface area contributed by atoms with E-state index < -0.39 is 4.92 Å². The average Bonchev–Trinajstić information content (AvgIpc) is 2.72. The summed E-state index contributed by atoms with van der Waals surface area (Å²) in [6, 6.07) is 6.16. The molecular formula is C11H12N2O4S. The van der Waals surface area contributed by atoms with Crippen LogP contribution in [0.2, 0.25) is 0 Å². The number of nitro benzene ring substituents is 1. The van der Waals surface area contributed by atoms with Gasteiger partial charge in [-0.2, -0.15) is 0 Å². The summed E-state index contributed by atoms with van der Waals surface area (Å²) in [4.78, 5) is 23.3. The number of hydrogen-bond donors (Lipinski definition) is 1. The van der Waals surface area contributed by atoms with E-state index in [0.717, 1.165) is 5.56 Å². The van der Waals surface area contributed by atoms with Crippen LogP contribution in [-0.2, 0) is 4.79 Å². The van der Waals surface area contributed by atoms with Gasteiger partial charge >= 0.3 is 0 Å². The number of benzene rings is 1. The van der Waals surface area contributed by atoms with Gasteiger partial charge in [0.25, 0.3) is 5.69 Å². The Labute approximate surface area is 108 Å². The minimum Gasteiger partial charge on any atom is -0.395 e. The van der Waals surface area contributed by atoms with Gasteiger partial charge in [-0.3, -0.25) is 14.9 Å². The van der Waals surface area contributed by atoms with Crippen molar-refractivity contribution in [1.82, 2.24) is 4.90 Å². The Bertz CT molecular complexity index is 463. The summed E-state index contributed by atoms with van der Waals surface area (Å²) in [5, 5.41) is 19.3. The number of aliphatic hydroxyl groups is 1. The molecule has 0 aromatic heterocycles. The summed E-state index contributed by atoms with van der Waals surface area (Å²) in [5.74, 6) is 0.360. The number of rotatable bonds is 4. The van der Waals surface area contributed by atoms with E-state index in [2.05, 4.69) is 0 Å². The van der Waals surface area contributed by atoms with Gasteiger partial charge in [-0.25, -0.2) is 0 Å². The quantitative estimate of drug-likeness (QED) is 0.654. The first-order chi connectivity index (χ1) is 8.63. The highest BCUT2D eigenvalue weighted by Crippen LogP contribution is 2.38. The Morgan fingerprint density at radius 3 is 2.67 bits per heavy atom. The van der Waals surface area contributed by atoms with Gasteiger partial charge in [0.05, 0.1) is 17.3 Å². The molecule has 1 N–H and O–H groups in total. The van der Waals surface area contributed by atoms with Crippen molar-refractivity contribution < 1.29 is 14.8 Å². The number of hydrogen-bond acceptors (Lipinski definition) is 5. The smallest absolute Gasteiger partial charge is 0.269 e. The van der Waals surface area contributed by atoms with Gasteiger partial charge in [-0.1, -0.05) is 0 Å². The van der Waals surface area contributed by atoms with Gasteiger partial charge in [0.2, 0.25) is 5.91 Å². The largest absolute Gasteiger partial charge is 0.395 e. The topological polar surface area (TPSA) is 83.7 Å². The molecule has 1 saturated heterocycles. The van der Waals surface area contributed by atoms with Crippen LogP contribution in [0.15, 0.2) is 24.3 Å². The van der Waals surface area contributed by atoms with Gasteiger partial charge in [0, 0.05) is 18.7 Å². The molecule has 18 heavy (non-hydrogen) atoms. The molecule has 0 bridgehead atoms. The highest BCUT2D eigenvalue weighted by molar-refractivity contribution is 8.00. The van der Waals surface area contributed by atoms with Crippen LogP contribution in [-0.4, -0.2) is 39.7 Å². The number of carbonyl (C=O) groups excluding carboxylic acids is 1. The zero-order valence-corrected chi connectivity index (χ0v) is 10.3. The number of aliphatic hydroxyl groups excluding tert-OH is 1. The molecule has 1 fully saturated rings. The van der Waals surface area contributed by atoms with Gasteiger partial charge in [0.15, 0.2) is 0 Å². The predicted octanol–water partition coefficient (Wildman–Crippen LogP) is 1.16. The Kier molecular flexibility index (Phi) is 3.83. The van der Waals surface area contributed by atoms with Crippen LogP contribution < -0.4 is 0 Å². The molecular weight excluding hydrogens is 256 g/mol. The van der Waals surface area contributed by atoms with E-state index in [1.807, 2.05) is 0 Å². The van der Waals surface area contributed by atoms with E-state index in [9.17, 15) is 14.9 Å². The molecule has 0 aliphatic carbocycles. The third kappa shape index (κ3) is 2.46. The first-order valence-electron chi connectivity index (χ1n) is 5.40. The minimum atomic E-state index is -0.456. The highest BCUT2D eigenvalue weighted by Gasteiger charge is 2.32. The molecule has 1 aliphatic heterocycles. The lowest BCUT2D eigenvalue weighted by molar-refractivity contribution is -0.384. The fourth-order valence-corrected chi connectivity index (χ4v) is 3.06. The summed E-state index contributed by atoms with van der Waals surface area (Å²) in [6.45, 7) is 0.198. The Balaban J connectivity index is 2.20. The fraction of sp³-hybridized carbons (Fsp3) is 0.364. The molecule has 96 valence electrons. The third-order valence-corrected chi connectivity index (χ3v) is 3.95. The van der Waals surface area contributed by atoms with E-state index in [1.165, 1.54) is 23.9 Å². The number of carbonyl (C=O) groups is 1. The van der Waals surface area contributed by atoms with Crippen molar-refractivity contribution in [2.45, 2.75) is 5.37 Å². The first kappa shape index (κ1) is 12.8. The van der Waals surface area contributed by atoms with Crippen LogP contribution in [0.25, 0.3) is 0 Å². The van der Waals surface area contributed by atoms with E-state index >= 15 is 0 Å². The zero-order chi connectivity index (χ0) is 13.1. The van der Waals surface area contributed by atoms with Crippen molar-refractivity contribution in [3.05, 3.63) is 39.9 Å². The van der Waals surface area contributed by atoms with Crippen LogP contribution in [0.3, 0.4) is 0 Å². The molecule has 2 rings (SSSR count). The first-order valence-corrected chi connectivity index (χ1v) is 6.44. The maximum atomic E-state index is 11.6. The van der Waals surface area contributed by atoms with Crippen LogP contribution in [0, 0.1) is 10.1 Å². The number of β-amino-alcohol motifs (C(OH)–C–C–N with tert-alkyl or cyclic N) is 1. The molecule has 1 amide bonds. The maximum Gasteiger partial charge on any atom is 0.269 e. The van der Waals surface area contributed by atoms with Gasteiger partial charge in [0.1, 0.15) is 5.37 Å². The zero-order valence-electron chi connectivity index (χ0n) is 9.48. The number of amides is 1. The van der Waals surface area contributed by atoms with Crippen LogP contribution in [0.5, 0.6) is 0 Å². The molecule has 1 aliphatic rings. The fourth-order valence-electron chi connectivity index (χ4n) is 1.84. The molecule has 1 aromatic carbocycles. The Hall–Kier alpha value is -1.60. The molecule has 6 nitrogen and oxygen atoms in total. The molecule has 1 unspecified atom stereocenters. The summed E-state index contributed by atoms with van der Waals surface area (Å²) >= 11 is 1.46. The lowest BCUT2D eigenvalue weighted by atomic mass is 10.2. The normalized spacial score (nSPS) is 19.3. The lowest BCUT2D eigenvalue weighted by Gasteiger charge is -2.23. The number of nitrogens with zero attached hydrogens (tertiary/aromatic N) is 2. The second kappa shape index (κ2) is 5.36. The third-order valence-electron chi connectivity index (χ3n) is 2.70. The van der Waals surface area contributed by atoms with Gasteiger partial charge in [-0.15, -0.1) is 11.8 Å². The van der Waals surface area contributed by atoms with Crippen molar-refractivity contribution >= 4 is 23.4 Å². The summed E-state index contributed by atoms with van der Waals surface area (Å²) < 4.78 is 0. The van der Waals surface area contributed by atoms with Crippen molar-refractivity contribution in [1.29, 1.82) is 0 Å². The van der Waals surface area contributed by atoms with Gasteiger partial charge in [-0.05, 0) is 17.7 Å². The Morgan fingerprint density at radius 2 is 2.11 bits per heavy atom. The van der Waals surface area contributed by atoms with Crippen LogP contribution in [0.1, 0.15) is 10.9 Å². The summed E-state index contributed by atoms with van der Waals surface area (Å²) in [5.41, 5.74) is 0.867. The molecule has 0 spiro atoms. The minimum absolute atomic E-state index is 0.0163. The molecule has 0 saturated carbocycles. The van der Waals surface area contributed by atoms with E-state index in [-0.39, 0.29) is 30.1 Å². The molecule has 0 radical (unpaired) electrons. The molecule has 1 heterocycles. The SMILES string of the molecule is O=C1CSC(c2ccc([N+](=O)[O-])cc2)N1CCO. The van der Waals surface area contributed by atoms with Crippen molar-refractivity contribution in [3.63, 3.8) is 0 Å². The number of thioether (sulfide) groups is 1. The van der Waals surface area contributed by atoms with Crippen molar-refractivity contribution in [3.8, 4) is 0 Å². The summed E-state index contributed by atoms with van der Waals surface area (Å²) in [7, 11) is 0.